The molecule has 0 radical (unpaired) electrons. The molecule has 3 N–H and O–H groups in total. The molecule has 16 atom stereocenters. The molecule has 1 aliphatic carbocycles. The standard InChI is InChI=1S/C27H26N2O5.C24H38N2O5.C21H32N2O5.C13H21NO4.C11H19NO2.2CH4/c30-25-24-13-16(9-10-17-11-12-23(26(31)32)29(17)25)14-28(24)27(33)34-15-22-20-7-3-1-5-18(20)19-6-2-4-8-21(19)22;1-9-11-16-14-19(25(15-16)22(29)31-24(6,7)8)20(27)26-17(10-2)12-13-18(26)21(28)30-23(3,4)5;1-20(2,3)27-18(25)15-10-9-14-8-7-13-11-16(17(24)23(14)15)22(12-13)19(26)28-21(4,5)6;1-5-6-9-7-10(11(15)16)14(8-9)12(17)18-13(2,3)4;1-5-8-6-7-9(12-8)10(13)14-11(2,3)4;;/h1-10,16-17,22-24H,11-15H2,(H,31,32);9-11,16-19H,2,12-15H2,1,3-8H3;7-8,13-16H,9-12H2,1-6H3;5-6,9-10H,7-8H2,1-4H3,(H,15,16);5,8-9,12H,1,6-7H2,2-4H3;2*1H4/b10-9-;;8-7-;;;;/t16-,17+,23-,24-;16-,17+,18-,19-;13-,14+,15-,16-;;8-,9?;;/m000.1../s1. The smallest absolute Gasteiger partial charge is 0.411 e. The lowest BCUT2D eigenvalue weighted by Gasteiger charge is -2.35. The quantitative estimate of drug-likeness (QED) is 0.101. The Labute approximate surface area is 752 Å². The van der Waals surface area contributed by atoms with Gasteiger partial charge in [-0.05, 0) is 261 Å². The topological polar surface area (TPSA) is 345 Å². The SMILES string of the molecule is C.C.C=C[C@@H]1CCC(C(=O)OC(C)(C)C)N1.C=C[C@@H]1CC[C@@H](C(=O)OC(C)(C)C)N1C(=O)[C@@H]1C[C@H](C=CC)CN1C(=O)OC(C)(C)C.CC(C)(C)OC(=O)[C@@H]1CC[C@H]2/C=C\[C@H]3C[C@@H](C(=O)N21)N(C(=O)OC(C)(C)C)C3.CC=CC1CC(C(=O)O)N(C(=O)OC(C)(C)C)C1.O=C(O)[C@@H]1CC[C@H]2/C=C\[C@H]3C[C@@H](C(=O)N21)N(C(=O)OCC1c2ccccc2-c2ccccc21)C3. The normalized spacial score (nSPS) is 27.4. The largest absolute Gasteiger partial charge is 0.480 e. The molecule has 11 aliphatic rings. The Balaban J connectivity index is 0.000000224. The molecule has 10 aliphatic heterocycles. The van der Waals surface area contributed by atoms with E-state index in [0.29, 0.717) is 84.0 Å². The van der Waals surface area contributed by atoms with Gasteiger partial charge >= 0.3 is 54.2 Å². The van der Waals surface area contributed by atoms with Gasteiger partial charge in [-0.3, -0.25) is 44.1 Å². The molecule has 127 heavy (non-hydrogen) atoms. The molecule has 3 unspecified atom stereocenters. The molecule has 29 nitrogen and oxygen atoms in total. The number of carbonyl (C=O) groups is 12. The first-order valence-electron chi connectivity index (χ1n) is 44.2. The van der Waals surface area contributed by atoms with E-state index in [0.717, 1.165) is 41.5 Å². The number of allylic oxidation sites excluding steroid dienone is 2. The van der Waals surface area contributed by atoms with Gasteiger partial charge in [0.2, 0.25) is 17.7 Å². The molecule has 0 aromatic heterocycles. The summed E-state index contributed by atoms with van der Waals surface area (Å²) >= 11 is 0. The molecule has 13 rings (SSSR count). The maximum absolute atomic E-state index is 13.7. The number of hydrogen-bond acceptors (Lipinski definition) is 20. The van der Waals surface area contributed by atoms with Crippen LogP contribution in [0.1, 0.15) is 247 Å². The van der Waals surface area contributed by atoms with Crippen molar-refractivity contribution < 1.29 is 101 Å². The highest BCUT2D eigenvalue weighted by atomic mass is 16.6. The van der Waals surface area contributed by atoms with Gasteiger partial charge in [0, 0.05) is 38.1 Å². The average molecular weight is 1770 g/mol. The summed E-state index contributed by atoms with van der Waals surface area (Å²) in [6.07, 6.45) is 24.6. The Kier molecular flexibility index (Phi) is 34.9. The highest BCUT2D eigenvalue weighted by Crippen LogP contribution is 2.46. The molecule has 10 heterocycles. The van der Waals surface area contributed by atoms with E-state index in [1.165, 1.54) is 24.5 Å². The maximum atomic E-state index is 13.7. The molecule has 8 fully saturated rings. The van der Waals surface area contributed by atoms with Crippen molar-refractivity contribution >= 4 is 71.9 Å². The van der Waals surface area contributed by atoms with Crippen LogP contribution < -0.4 is 5.32 Å². The van der Waals surface area contributed by atoms with Crippen molar-refractivity contribution in [1.82, 2.24) is 39.6 Å². The summed E-state index contributed by atoms with van der Waals surface area (Å²) < 4.78 is 38.5. The number of fused-ring (bicyclic) bond motifs is 9. The number of hydrogen-bond donors (Lipinski definition) is 3. The van der Waals surface area contributed by atoms with Gasteiger partial charge in [-0.1, -0.05) is 124 Å². The summed E-state index contributed by atoms with van der Waals surface area (Å²) in [6, 6.07) is 10.9. The number of ether oxygens (including phenoxy) is 7. The predicted molar refractivity (Wildman–Crippen MR) is 484 cm³/mol. The second-order valence-corrected chi connectivity index (χ2v) is 40.1. The number of aliphatic carboxylic acids is 2. The number of carboxylic acid groups (broad SMARTS) is 2. The van der Waals surface area contributed by atoms with Crippen molar-refractivity contribution in [3.8, 4) is 11.1 Å². The van der Waals surface area contributed by atoms with Crippen LogP contribution in [-0.2, 0) is 71.5 Å². The second kappa shape index (κ2) is 42.7. The lowest BCUT2D eigenvalue weighted by Crippen LogP contribution is -2.54. The number of nitrogens with one attached hydrogen (secondary N) is 1. The second-order valence-electron chi connectivity index (χ2n) is 40.1. The Morgan fingerprint density at radius 1 is 0.433 bits per heavy atom. The van der Waals surface area contributed by atoms with E-state index in [1.807, 2.05) is 149 Å². The first-order valence-corrected chi connectivity index (χ1v) is 44.2. The molecule has 2 aromatic carbocycles. The van der Waals surface area contributed by atoms with E-state index >= 15 is 0 Å². The molecule has 4 bridgehead atoms. The van der Waals surface area contributed by atoms with Crippen LogP contribution in [0.25, 0.3) is 11.1 Å². The van der Waals surface area contributed by atoms with Crippen LogP contribution in [0.4, 0.5) is 19.2 Å². The van der Waals surface area contributed by atoms with Crippen molar-refractivity contribution in [1.29, 1.82) is 0 Å². The summed E-state index contributed by atoms with van der Waals surface area (Å²) in [5, 5.41) is 21.9. The van der Waals surface area contributed by atoms with Crippen LogP contribution in [0, 0.1) is 23.7 Å². The molecular formula is C98H144N8O21. The first kappa shape index (κ1) is 104. The van der Waals surface area contributed by atoms with Gasteiger partial charge in [-0.2, -0.15) is 0 Å². The summed E-state index contributed by atoms with van der Waals surface area (Å²) in [7, 11) is 0. The van der Waals surface area contributed by atoms with Gasteiger partial charge in [-0.15, -0.1) is 13.2 Å². The van der Waals surface area contributed by atoms with Gasteiger partial charge in [0.05, 0.1) is 18.1 Å². The van der Waals surface area contributed by atoms with E-state index in [4.69, 9.17) is 38.3 Å². The van der Waals surface area contributed by atoms with Crippen LogP contribution in [0.15, 0.2) is 122 Å². The molecule has 0 saturated carbocycles. The number of likely N-dealkylation sites (tertiary alicyclic amines) is 5. The molecule has 702 valence electrons. The fourth-order valence-electron chi connectivity index (χ4n) is 18.1. The molecule has 8 saturated heterocycles. The number of nitrogens with zero attached hydrogens (tertiary/aromatic N) is 7. The third-order valence-corrected chi connectivity index (χ3v) is 23.2. The number of amides is 7. The Morgan fingerprint density at radius 2 is 0.827 bits per heavy atom. The van der Waals surface area contributed by atoms with E-state index < -0.39 is 118 Å². The van der Waals surface area contributed by atoms with Gasteiger partial charge in [-0.25, -0.2) is 38.4 Å². The fourth-order valence-corrected chi connectivity index (χ4v) is 18.1. The maximum Gasteiger partial charge on any atom is 0.411 e. The molecule has 7 amide bonds. The summed E-state index contributed by atoms with van der Waals surface area (Å²) in [4.78, 5) is 162. The number of rotatable bonds is 12. The molecule has 2 aromatic rings. The first-order chi connectivity index (χ1) is 58.3. The zero-order valence-corrected chi connectivity index (χ0v) is 76.9. The van der Waals surface area contributed by atoms with Crippen molar-refractivity contribution in [2.24, 2.45) is 23.7 Å². The number of esters is 3. The third-order valence-electron chi connectivity index (χ3n) is 23.2. The lowest BCUT2D eigenvalue weighted by molar-refractivity contribution is -0.165. The van der Waals surface area contributed by atoms with E-state index in [9.17, 15) is 62.6 Å². The fraction of sp³-hybridized carbons (Fsp3) is 0.633. The van der Waals surface area contributed by atoms with E-state index in [-0.39, 0.29) is 111 Å². The van der Waals surface area contributed by atoms with Crippen molar-refractivity contribution in [2.45, 2.75) is 342 Å². The van der Waals surface area contributed by atoms with Crippen molar-refractivity contribution in [2.75, 3.05) is 32.8 Å². The van der Waals surface area contributed by atoms with Crippen molar-refractivity contribution in [3.63, 3.8) is 0 Å². The summed E-state index contributed by atoms with van der Waals surface area (Å²) in [5.74, 6) is -3.36. The molecule has 0 spiro atoms. The highest BCUT2D eigenvalue weighted by Gasteiger charge is 2.54. The van der Waals surface area contributed by atoms with Gasteiger partial charge in [0.25, 0.3) is 0 Å². The van der Waals surface area contributed by atoms with Gasteiger partial charge in [0.15, 0.2) is 0 Å². The minimum Gasteiger partial charge on any atom is -0.480 e. The average Bonchev–Trinajstić information content (AvgIpc) is 1.62. The van der Waals surface area contributed by atoms with E-state index in [1.54, 1.807) is 78.2 Å². The monoisotopic (exact) mass is 1770 g/mol. The zero-order chi connectivity index (χ0) is 92.5. The lowest BCUT2D eigenvalue weighted by atomic mass is 9.98. The number of carbonyl (C=O) groups excluding carboxylic acids is 10. The minimum atomic E-state index is -0.993. The third kappa shape index (κ3) is 27.1. The van der Waals surface area contributed by atoms with Gasteiger partial charge in [0.1, 0.15) is 88.5 Å². The number of carboxylic acids is 2. The number of benzene rings is 2. The Morgan fingerprint density at radius 3 is 1.25 bits per heavy atom. The van der Waals surface area contributed by atoms with E-state index in [2.05, 4.69) is 48.8 Å². The van der Waals surface area contributed by atoms with Crippen LogP contribution in [0.2, 0.25) is 0 Å². The van der Waals surface area contributed by atoms with Crippen LogP contribution in [0.3, 0.4) is 0 Å². The summed E-state index contributed by atoms with van der Waals surface area (Å²) in [5.41, 5.74) is 1.01. The predicted octanol–water partition coefficient (Wildman–Crippen LogP) is 15.8. The molecule has 29 heteroatoms. The van der Waals surface area contributed by atoms with Crippen LogP contribution in [0.5, 0.6) is 0 Å². The minimum absolute atomic E-state index is 0. The van der Waals surface area contributed by atoms with Crippen LogP contribution >= 0.6 is 0 Å². The zero-order valence-electron chi connectivity index (χ0n) is 76.9. The Hall–Kier alpha value is -10.3. The van der Waals surface area contributed by atoms with Crippen LogP contribution in [-0.4, -0.2) is 255 Å². The van der Waals surface area contributed by atoms with Gasteiger partial charge < -0.3 is 58.1 Å². The molecular weight excluding hydrogens is 1630 g/mol. The Bertz CT molecular complexity index is 4370. The van der Waals surface area contributed by atoms with Crippen molar-refractivity contribution in [3.05, 3.63) is 134 Å². The highest BCUT2D eigenvalue weighted by molar-refractivity contribution is 5.94. The summed E-state index contributed by atoms with van der Waals surface area (Å²) in [6.45, 7) is 45.8.